The third kappa shape index (κ3) is 4.64. The number of urea groups is 1. The smallest absolute Gasteiger partial charge is 0.343 e. The summed E-state index contributed by atoms with van der Waals surface area (Å²) in [6.45, 7) is 2.08. The molecule has 0 spiro atoms. The largest absolute Gasteiger partial charge is 0.482 e. The molecular weight excluding hydrogens is 276 g/mol. The van der Waals surface area contributed by atoms with Crippen LogP contribution in [0.2, 0.25) is 0 Å². The van der Waals surface area contributed by atoms with E-state index in [1.54, 1.807) is 29.2 Å². The molecule has 0 radical (unpaired) electrons. The van der Waals surface area contributed by atoms with Crippen LogP contribution in [-0.2, 0) is 14.3 Å². The Bertz CT molecular complexity index is 500. The predicted molar refractivity (Wildman–Crippen MR) is 75.4 cm³/mol. The molecule has 1 fully saturated rings. The highest BCUT2D eigenvalue weighted by Crippen LogP contribution is 2.18. The van der Waals surface area contributed by atoms with Crippen molar-refractivity contribution in [2.45, 2.75) is 0 Å². The van der Waals surface area contributed by atoms with Gasteiger partial charge in [-0.15, -0.1) is 0 Å². The Morgan fingerprint density at radius 1 is 1.33 bits per heavy atom. The minimum absolute atomic E-state index is 0.169. The molecule has 1 aliphatic rings. The van der Waals surface area contributed by atoms with Crippen molar-refractivity contribution in [3.63, 3.8) is 0 Å². The number of esters is 1. The molecule has 1 heterocycles. The minimum Gasteiger partial charge on any atom is -0.482 e. The Morgan fingerprint density at radius 2 is 2.10 bits per heavy atom. The molecule has 21 heavy (non-hydrogen) atoms. The lowest BCUT2D eigenvalue weighted by Gasteiger charge is -2.26. The van der Waals surface area contributed by atoms with Gasteiger partial charge in [0.05, 0.1) is 20.3 Å². The fourth-order valence-electron chi connectivity index (χ4n) is 1.83. The van der Waals surface area contributed by atoms with Crippen molar-refractivity contribution in [2.24, 2.45) is 0 Å². The lowest BCUT2D eigenvalue weighted by molar-refractivity contribution is -0.142. The number of hydrogen-bond acceptors (Lipinski definition) is 5. The molecule has 2 rings (SSSR count). The number of morpholine rings is 1. The van der Waals surface area contributed by atoms with Gasteiger partial charge < -0.3 is 24.4 Å². The molecule has 1 aromatic carbocycles. The zero-order valence-corrected chi connectivity index (χ0v) is 11.8. The molecule has 1 N–H and O–H groups in total. The van der Waals surface area contributed by atoms with Crippen LogP contribution in [0.25, 0.3) is 0 Å². The highest BCUT2D eigenvalue weighted by Gasteiger charge is 2.16. The highest BCUT2D eigenvalue weighted by atomic mass is 16.6. The summed E-state index contributed by atoms with van der Waals surface area (Å²) in [4.78, 5) is 24.7. The van der Waals surface area contributed by atoms with Crippen molar-refractivity contribution in [1.29, 1.82) is 0 Å². The molecule has 0 aliphatic carbocycles. The molecule has 0 atom stereocenters. The maximum atomic E-state index is 12.0. The minimum atomic E-state index is -0.460. The lowest BCUT2D eigenvalue weighted by atomic mass is 10.3. The van der Waals surface area contributed by atoms with E-state index in [-0.39, 0.29) is 12.6 Å². The fourth-order valence-corrected chi connectivity index (χ4v) is 1.83. The summed E-state index contributed by atoms with van der Waals surface area (Å²) in [5, 5.41) is 2.79. The number of carbonyl (C=O) groups is 2. The van der Waals surface area contributed by atoms with Gasteiger partial charge in [-0.2, -0.15) is 0 Å². The molecule has 1 aliphatic heterocycles. The van der Waals surface area contributed by atoms with E-state index in [2.05, 4.69) is 10.1 Å². The summed E-state index contributed by atoms with van der Waals surface area (Å²) in [5.74, 6) is 0.0259. The van der Waals surface area contributed by atoms with Gasteiger partial charge in [0, 0.05) is 24.8 Å². The van der Waals surface area contributed by atoms with Gasteiger partial charge in [-0.05, 0) is 12.1 Å². The van der Waals surface area contributed by atoms with Crippen LogP contribution in [0, 0.1) is 0 Å². The van der Waals surface area contributed by atoms with E-state index < -0.39 is 5.97 Å². The van der Waals surface area contributed by atoms with Crippen LogP contribution in [0.15, 0.2) is 24.3 Å². The topological polar surface area (TPSA) is 77.1 Å². The molecule has 1 saturated heterocycles. The molecule has 7 nitrogen and oxygen atoms in total. The van der Waals surface area contributed by atoms with Crippen molar-refractivity contribution in [3.05, 3.63) is 24.3 Å². The van der Waals surface area contributed by atoms with Crippen molar-refractivity contribution >= 4 is 17.7 Å². The number of rotatable bonds is 4. The van der Waals surface area contributed by atoms with Crippen molar-refractivity contribution < 1.29 is 23.8 Å². The van der Waals surface area contributed by atoms with Gasteiger partial charge in [0.2, 0.25) is 0 Å². The van der Waals surface area contributed by atoms with E-state index >= 15 is 0 Å². The second-order valence-electron chi connectivity index (χ2n) is 4.42. The lowest BCUT2D eigenvalue weighted by Crippen LogP contribution is -2.43. The van der Waals surface area contributed by atoms with Gasteiger partial charge in [-0.25, -0.2) is 9.59 Å². The van der Waals surface area contributed by atoms with Gasteiger partial charge in [-0.1, -0.05) is 6.07 Å². The average molecular weight is 294 g/mol. The van der Waals surface area contributed by atoms with Crippen molar-refractivity contribution in [2.75, 3.05) is 45.3 Å². The Hall–Kier alpha value is -2.28. The number of anilines is 1. The Labute approximate surface area is 122 Å². The number of hydrogen-bond donors (Lipinski definition) is 1. The first-order valence-corrected chi connectivity index (χ1v) is 6.62. The fraction of sp³-hybridized carbons (Fsp3) is 0.429. The monoisotopic (exact) mass is 294 g/mol. The van der Waals surface area contributed by atoms with E-state index in [0.717, 1.165) is 0 Å². The Balaban J connectivity index is 1.90. The number of amides is 2. The molecule has 0 saturated carbocycles. The number of nitrogens with zero attached hydrogens (tertiary/aromatic N) is 1. The maximum absolute atomic E-state index is 12.0. The predicted octanol–water partition coefficient (Wildman–Crippen LogP) is 1.10. The van der Waals surface area contributed by atoms with Crippen LogP contribution >= 0.6 is 0 Å². The first-order chi connectivity index (χ1) is 10.2. The second-order valence-corrected chi connectivity index (χ2v) is 4.42. The van der Waals surface area contributed by atoms with E-state index in [1.165, 1.54) is 7.11 Å². The van der Waals surface area contributed by atoms with Gasteiger partial charge in [0.15, 0.2) is 6.61 Å². The third-order valence-electron chi connectivity index (χ3n) is 2.97. The van der Waals surface area contributed by atoms with Gasteiger partial charge >= 0.3 is 12.0 Å². The number of benzene rings is 1. The first-order valence-electron chi connectivity index (χ1n) is 6.62. The zero-order valence-electron chi connectivity index (χ0n) is 11.8. The summed E-state index contributed by atoms with van der Waals surface area (Å²) in [6, 6.07) is 6.67. The molecule has 2 amide bonds. The summed E-state index contributed by atoms with van der Waals surface area (Å²) < 4.78 is 15.0. The highest BCUT2D eigenvalue weighted by molar-refractivity contribution is 5.89. The van der Waals surface area contributed by atoms with E-state index in [4.69, 9.17) is 9.47 Å². The quantitative estimate of drug-likeness (QED) is 0.842. The van der Waals surface area contributed by atoms with E-state index in [0.29, 0.717) is 37.7 Å². The van der Waals surface area contributed by atoms with Gasteiger partial charge in [0.1, 0.15) is 5.75 Å². The van der Waals surface area contributed by atoms with Crippen molar-refractivity contribution in [3.8, 4) is 5.75 Å². The van der Waals surface area contributed by atoms with Gasteiger partial charge in [0.25, 0.3) is 0 Å². The van der Waals surface area contributed by atoms with E-state index in [9.17, 15) is 9.59 Å². The Morgan fingerprint density at radius 3 is 2.81 bits per heavy atom. The van der Waals surface area contributed by atoms with Gasteiger partial charge in [-0.3, -0.25) is 0 Å². The second kappa shape index (κ2) is 7.49. The molecule has 0 unspecified atom stereocenters. The molecule has 0 aromatic heterocycles. The standard InChI is InChI=1S/C14H18N2O5/c1-19-13(17)10-21-12-4-2-3-11(9-12)15-14(18)16-5-7-20-8-6-16/h2-4,9H,5-8,10H2,1H3,(H,15,18). The number of ether oxygens (including phenoxy) is 3. The van der Waals surface area contributed by atoms with Crippen LogP contribution < -0.4 is 10.1 Å². The number of nitrogens with one attached hydrogen (secondary N) is 1. The normalized spacial score (nSPS) is 14.4. The van der Waals surface area contributed by atoms with E-state index in [1.807, 2.05) is 0 Å². The summed E-state index contributed by atoms with van der Waals surface area (Å²) in [5.41, 5.74) is 0.605. The maximum Gasteiger partial charge on any atom is 0.343 e. The van der Waals surface area contributed by atoms with Crippen LogP contribution in [-0.4, -0.2) is 56.9 Å². The number of methoxy groups -OCH3 is 1. The summed E-state index contributed by atoms with van der Waals surface area (Å²) in [7, 11) is 1.30. The van der Waals surface area contributed by atoms with Crippen LogP contribution in [0.3, 0.4) is 0 Å². The Kier molecular flexibility index (Phi) is 5.39. The first kappa shape index (κ1) is 15.1. The molecule has 1 aromatic rings. The molecular formula is C14H18N2O5. The molecule has 0 bridgehead atoms. The zero-order chi connectivity index (χ0) is 15.1. The van der Waals surface area contributed by atoms with Crippen LogP contribution in [0.4, 0.5) is 10.5 Å². The summed E-state index contributed by atoms with van der Waals surface area (Å²) in [6.07, 6.45) is 0. The average Bonchev–Trinajstić information content (AvgIpc) is 2.53. The van der Waals surface area contributed by atoms with Crippen molar-refractivity contribution in [1.82, 2.24) is 4.90 Å². The van der Waals surface area contributed by atoms with Crippen LogP contribution in [0.5, 0.6) is 5.75 Å². The van der Waals surface area contributed by atoms with Crippen LogP contribution in [0.1, 0.15) is 0 Å². The molecule has 7 heteroatoms. The third-order valence-corrected chi connectivity index (χ3v) is 2.97. The molecule has 114 valence electrons. The number of carbonyl (C=O) groups excluding carboxylic acids is 2. The summed E-state index contributed by atoms with van der Waals surface area (Å²) >= 11 is 0. The SMILES string of the molecule is COC(=O)COc1cccc(NC(=O)N2CCOCC2)c1.